The largest absolute Gasteiger partial charge is 0.485 e. The molecule has 3 amide bonds. The number of aldehydes is 2. The first-order chi connectivity index (χ1) is 11.5. The molecule has 0 aliphatic carbocycles. The SMILES string of the molecule is CN(C(=O)c1c(C=O)cccc1OCC=O)C1CCC(=O)NC1=O. The quantitative estimate of drug-likeness (QED) is 0.578. The van der Waals surface area contributed by atoms with Crippen LogP contribution in [-0.2, 0) is 14.4 Å². The highest BCUT2D eigenvalue weighted by Crippen LogP contribution is 2.25. The second-order valence-corrected chi connectivity index (χ2v) is 5.20. The third-order valence-electron chi connectivity index (χ3n) is 3.70. The van der Waals surface area contributed by atoms with Crippen LogP contribution in [0.4, 0.5) is 0 Å². The molecule has 1 unspecified atom stereocenters. The summed E-state index contributed by atoms with van der Waals surface area (Å²) >= 11 is 0. The lowest BCUT2D eigenvalue weighted by atomic mass is 10.0. The zero-order chi connectivity index (χ0) is 17.7. The highest BCUT2D eigenvalue weighted by atomic mass is 16.5. The molecule has 0 spiro atoms. The maximum Gasteiger partial charge on any atom is 0.258 e. The van der Waals surface area contributed by atoms with Gasteiger partial charge in [0, 0.05) is 19.0 Å². The molecule has 2 rings (SSSR count). The number of rotatable bonds is 6. The van der Waals surface area contributed by atoms with Crippen molar-refractivity contribution in [3.8, 4) is 5.75 Å². The summed E-state index contributed by atoms with van der Waals surface area (Å²) in [5, 5.41) is 2.18. The van der Waals surface area contributed by atoms with E-state index in [0.29, 0.717) is 12.6 Å². The number of nitrogens with one attached hydrogen (secondary N) is 1. The molecule has 0 bridgehead atoms. The number of carbonyl (C=O) groups is 5. The predicted octanol–water partition coefficient (Wildman–Crippen LogP) is -0.0460. The average molecular weight is 332 g/mol. The first kappa shape index (κ1) is 17.3. The lowest BCUT2D eigenvalue weighted by molar-refractivity contribution is -0.136. The normalized spacial score (nSPS) is 17.0. The van der Waals surface area contributed by atoms with E-state index in [4.69, 9.17) is 4.74 Å². The number of piperidine rings is 1. The van der Waals surface area contributed by atoms with E-state index in [1.165, 1.54) is 25.2 Å². The Morgan fingerprint density at radius 1 is 1.38 bits per heavy atom. The van der Waals surface area contributed by atoms with Gasteiger partial charge in [0.2, 0.25) is 11.8 Å². The lowest BCUT2D eigenvalue weighted by Gasteiger charge is -2.30. The monoisotopic (exact) mass is 332 g/mol. The summed E-state index contributed by atoms with van der Waals surface area (Å²) in [5.74, 6) is -1.48. The molecular weight excluding hydrogens is 316 g/mol. The van der Waals surface area contributed by atoms with E-state index >= 15 is 0 Å². The van der Waals surface area contributed by atoms with Crippen molar-refractivity contribution in [1.82, 2.24) is 10.2 Å². The molecule has 126 valence electrons. The van der Waals surface area contributed by atoms with Crippen molar-refractivity contribution in [3.05, 3.63) is 29.3 Å². The second-order valence-electron chi connectivity index (χ2n) is 5.20. The van der Waals surface area contributed by atoms with Gasteiger partial charge in [-0.25, -0.2) is 0 Å². The summed E-state index contributed by atoms with van der Waals surface area (Å²) in [5.41, 5.74) is 0.0593. The lowest BCUT2D eigenvalue weighted by Crippen LogP contribution is -2.53. The third-order valence-corrected chi connectivity index (χ3v) is 3.70. The van der Waals surface area contributed by atoms with Gasteiger partial charge in [-0.15, -0.1) is 0 Å². The zero-order valence-electron chi connectivity index (χ0n) is 13.0. The van der Waals surface area contributed by atoms with Gasteiger partial charge in [0.15, 0.2) is 12.6 Å². The average Bonchev–Trinajstić information content (AvgIpc) is 2.58. The molecule has 1 saturated heterocycles. The van der Waals surface area contributed by atoms with Gasteiger partial charge < -0.3 is 9.64 Å². The van der Waals surface area contributed by atoms with E-state index < -0.39 is 17.9 Å². The molecule has 1 aromatic carbocycles. The van der Waals surface area contributed by atoms with E-state index in [2.05, 4.69) is 5.32 Å². The summed E-state index contributed by atoms with van der Waals surface area (Å²) in [7, 11) is 1.41. The Morgan fingerprint density at radius 3 is 2.75 bits per heavy atom. The van der Waals surface area contributed by atoms with Crippen molar-refractivity contribution in [3.63, 3.8) is 0 Å². The van der Waals surface area contributed by atoms with Gasteiger partial charge in [-0.1, -0.05) is 12.1 Å². The number of carbonyl (C=O) groups excluding carboxylic acids is 5. The molecule has 0 aromatic heterocycles. The minimum absolute atomic E-state index is 0.0263. The van der Waals surface area contributed by atoms with Crippen molar-refractivity contribution in [2.45, 2.75) is 18.9 Å². The Hall–Kier alpha value is -3.03. The van der Waals surface area contributed by atoms with E-state index in [1.807, 2.05) is 0 Å². The summed E-state index contributed by atoms with van der Waals surface area (Å²) in [4.78, 5) is 58.8. The van der Waals surface area contributed by atoms with Crippen LogP contribution >= 0.6 is 0 Å². The van der Waals surface area contributed by atoms with Gasteiger partial charge in [-0.05, 0) is 12.5 Å². The maximum atomic E-state index is 12.8. The van der Waals surface area contributed by atoms with Crippen molar-refractivity contribution in [2.24, 2.45) is 0 Å². The number of nitrogens with zero attached hydrogens (tertiary/aromatic N) is 1. The number of likely N-dealkylation sites (N-methyl/N-ethyl adjacent to an activating group) is 1. The first-order valence-corrected chi connectivity index (χ1v) is 7.25. The highest BCUT2D eigenvalue weighted by Gasteiger charge is 2.34. The molecule has 1 heterocycles. The Balaban J connectivity index is 2.33. The van der Waals surface area contributed by atoms with Crippen LogP contribution in [0.15, 0.2) is 18.2 Å². The van der Waals surface area contributed by atoms with Gasteiger partial charge in [-0.2, -0.15) is 0 Å². The number of imide groups is 1. The van der Waals surface area contributed by atoms with Crippen molar-refractivity contribution >= 4 is 30.3 Å². The first-order valence-electron chi connectivity index (χ1n) is 7.25. The van der Waals surface area contributed by atoms with Crippen LogP contribution in [0.25, 0.3) is 0 Å². The van der Waals surface area contributed by atoms with E-state index in [0.717, 1.165) is 4.90 Å². The fraction of sp³-hybridized carbons (Fsp3) is 0.312. The molecule has 24 heavy (non-hydrogen) atoms. The topological polar surface area (TPSA) is 110 Å². The highest BCUT2D eigenvalue weighted by molar-refractivity contribution is 6.07. The number of ether oxygens (including phenoxy) is 1. The van der Waals surface area contributed by atoms with Crippen LogP contribution in [0, 0.1) is 0 Å². The number of benzene rings is 1. The van der Waals surface area contributed by atoms with Crippen LogP contribution in [-0.4, -0.2) is 54.9 Å². The predicted molar refractivity (Wildman–Crippen MR) is 81.7 cm³/mol. The Bertz CT molecular complexity index is 700. The fourth-order valence-corrected chi connectivity index (χ4v) is 2.49. The molecule has 0 radical (unpaired) electrons. The molecule has 8 nitrogen and oxygen atoms in total. The Labute approximate surface area is 137 Å². The van der Waals surface area contributed by atoms with Crippen molar-refractivity contribution in [2.75, 3.05) is 13.7 Å². The molecule has 1 aliphatic heterocycles. The molecule has 1 aliphatic rings. The number of hydrogen-bond donors (Lipinski definition) is 1. The van der Waals surface area contributed by atoms with E-state index in [1.54, 1.807) is 0 Å². The smallest absolute Gasteiger partial charge is 0.258 e. The Kier molecular flexibility index (Phi) is 5.41. The minimum atomic E-state index is -0.825. The van der Waals surface area contributed by atoms with Crippen LogP contribution in [0.1, 0.15) is 33.6 Å². The van der Waals surface area contributed by atoms with Crippen molar-refractivity contribution < 1.29 is 28.7 Å². The van der Waals surface area contributed by atoms with Crippen LogP contribution in [0.5, 0.6) is 5.75 Å². The second kappa shape index (κ2) is 7.49. The summed E-state index contributed by atoms with van der Waals surface area (Å²) in [6, 6.07) is 3.59. The fourth-order valence-electron chi connectivity index (χ4n) is 2.49. The summed E-state index contributed by atoms with van der Waals surface area (Å²) in [6.45, 7) is -0.273. The van der Waals surface area contributed by atoms with Crippen LogP contribution in [0.2, 0.25) is 0 Å². The molecule has 1 atom stereocenters. The summed E-state index contributed by atoms with van der Waals surface area (Å²) in [6.07, 6.45) is 1.34. The Morgan fingerprint density at radius 2 is 2.12 bits per heavy atom. The minimum Gasteiger partial charge on any atom is -0.485 e. The van der Waals surface area contributed by atoms with Crippen molar-refractivity contribution in [1.29, 1.82) is 0 Å². The molecule has 1 aromatic rings. The standard InChI is InChI=1S/C16H16N2O6/c1-18(11-5-6-13(21)17-15(11)22)16(23)14-10(9-20)3-2-4-12(14)24-8-7-19/h2-4,7,9,11H,5-6,8H2,1H3,(H,17,21,22). The summed E-state index contributed by atoms with van der Waals surface area (Å²) < 4.78 is 5.20. The van der Waals surface area contributed by atoms with E-state index in [9.17, 15) is 24.0 Å². The molecular formula is C16H16N2O6. The van der Waals surface area contributed by atoms with Gasteiger partial charge in [0.1, 0.15) is 18.4 Å². The number of hydrogen-bond acceptors (Lipinski definition) is 6. The third kappa shape index (κ3) is 3.48. The van der Waals surface area contributed by atoms with Crippen LogP contribution in [0.3, 0.4) is 0 Å². The maximum absolute atomic E-state index is 12.8. The molecule has 0 saturated carbocycles. The van der Waals surface area contributed by atoms with E-state index in [-0.39, 0.29) is 42.2 Å². The number of amides is 3. The molecule has 8 heteroatoms. The van der Waals surface area contributed by atoms with Gasteiger partial charge in [-0.3, -0.25) is 29.3 Å². The van der Waals surface area contributed by atoms with Crippen LogP contribution < -0.4 is 10.1 Å². The molecule has 1 fully saturated rings. The van der Waals surface area contributed by atoms with Gasteiger partial charge in [0.05, 0.1) is 5.56 Å². The molecule has 1 N–H and O–H groups in total. The van der Waals surface area contributed by atoms with Gasteiger partial charge in [0.25, 0.3) is 5.91 Å². The van der Waals surface area contributed by atoms with Gasteiger partial charge >= 0.3 is 0 Å². The zero-order valence-corrected chi connectivity index (χ0v) is 13.0.